The second-order valence-corrected chi connectivity index (χ2v) is 3.44. The van der Waals surface area contributed by atoms with Gasteiger partial charge in [-0.05, 0) is 24.6 Å². The van der Waals surface area contributed by atoms with E-state index in [1.54, 1.807) is 0 Å². The smallest absolute Gasteiger partial charge is 0.0490 e. The molecule has 0 saturated carbocycles. The summed E-state index contributed by atoms with van der Waals surface area (Å²) < 4.78 is 1.03. The van der Waals surface area contributed by atoms with E-state index in [0.29, 0.717) is 0 Å². The summed E-state index contributed by atoms with van der Waals surface area (Å²) in [7, 11) is 0. The van der Waals surface area contributed by atoms with Crippen molar-refractivity contribution in [1.82, 2.24) is 0 Å². The van der Waals surface area contributed by atoms with Crippen LogP contribution in [-0.4, -0.2) is 0 Å². The Labute approximate surface area is 74.2 Å². The van der Waals surface area contributed by atoms with Crippen LogP contribution in [0, 0.1) is 6.92 Å². The summed E-state index contributed by atoms with van der Waals surface area (Å²) in [6.45, 7) is 1.96. The van der Waals surface area contributed by atoms with Crippen molar-refractivity contribution in [3.8, 4) is 0 Å². The van der Waals surface area contributed by atoms with Crippen molar-refractivity contribution >= 4 is 34.2 Å². The Hall–Kier alpha value is -0.150. The van der Waals surface area contributed by atoms with Gasteiger partial charge >= 0.3 is 0 Å². The summed E-state index contributed by atoms with van der Waals surface area (Å²) in [4.78, 5) is 0.834. The minimum Gasteiger partial charge on any atom is -0.398 e. The number of benzene rings is 1. The van der Waals surface area contributed by atoms with Crippen molar-refractivity contribution in [3.63, 3.8) is 0 Å². The quantitative estimate of drug-likeness (QED) is 0.508. The summed E-state index contributed by atoms with van der Waals surface area (Å²) in [6, 6.07) is 3.81. The number of thiol groups is 1. The molecule has 1 aromatic rings. The second kappa shape index (κ2) is 2.84. The fraction of sp³-hybridized carbons (Fsp3) is 0.143. The van der Waals surface area contributed by atoms with E-state index >= 15 is 0 Å². The van der Waals surface area contributed by atoms with Crippen LogP contribution in [0.3, 0.4) is 0 Å². The molecule has 0 amide bonds. The first kappa shape index (κ1) is 7.95. The zero-order chi connectivity index (χ0) is 7.72. The summed E-state index contributed by atoms with van der Waals surface area (Å²) in [5, 5.41) is 0. The number of rotatable bonds is 0. The van der Waals surface area contributed by atoms with E-state index < -0.39 is 0 Å². The van der Waals surface area contributed by atoms with Crippen LogP contribution in [0.15, 0.2) is 21.5 Å². The molecule has 0 fully saturated rings. The maximum Gasteiger partial charge on any atom is 0.0490 e. The number of hydrogen-bond donors (Lipinski definition) is 2. The average Bonchev–Trinajstić information content (AvgIpc) is 1.93. The molecule has 0 aliphatic carbocycles. The van der Waals surface area contributed by atoms with Crippen LogP contribution in [-0.2, 0) is 0 Å². The van der Waals surface area contributed by atoms with Crippen molar-refractivity contribution in [2.75, 3.05) is 5.73 Å². The van der Waals surface area contributed by atoms with E-state index in [1.165, 1.54) is 0 Å². The standard InChI is InChI=1S/C7H8BrNS/c1-4-5(8)2-3-6(10)7(4)9/h2-3,10H,9H2,1H3. The van der Waals surface area contributed by atoms with Crippen molar-refractivity contribution in [2.24, 2.45) is 0 Å². The van der Waals surface area contributed by atoms with E-state index in [9.17, 15) is 0 Å². The lowest BCUT2D eigenvalue weighted by molar-refractivity contribution is 1.35. The topological polar surface area (TPSA) is 26.0 Å². The number of nitrogens with two attached hydrogens (primary N) is 1. The number of halogens is 1. The second-order valence-electron chi connectivity index (χ2n) is 2.11. The molecule has 0 radical (unpaired) electrons. The van der Waals surface area contributed by atoms with Crippen molar-refractivity contribution in [1.29, 1.82) is 0 Å². The fourth-order valence-electron chi connectivity index (χ4n) is 0.688. The molecule has 0 aliphatic rings. The van der Waals surface area contributed by atoms with Gasteiger partial charge < -0.3 is 5.73 Å². The summed E-state index contributed by atoms with van der Waals surface area (Å²) in [5.74, 6) is 0. The van der Waals surface area contributed by atoms with E-state index in [0.717, 1.165) is 20.6 Å². The molecule has 0 aromatic heterocycles. The Bertz CT molecular complexity index is 233. The Morgan fingerprint density at radius 3 is 2.60 bits per heavy atom. The molecule has 1 rings (SSSR count). The lowest BCUT2D eigenvalue weighted by Gasteiger charge is -2.03. The highest BCUT2D eigenvalue weighted by atomic mass is 79.9. The lowest BCUT2D eigenvalue weighted by atomic mass is 10.2. The maximum atomic E-state index is 5.68. The van der Waals surface area contributed by atoms with Crippen LogP contribution in [0.2, 0.25) is 0 Å². The minimum absolute atomic E-state index is 0.748. The SMILES string of the molecule is Cc1c(Br)ccc(S)c1N. The monoisotopic (exact) mass is 217 g/mol. The van der Waals surface area contributed by atoms with Crippen LogP contribution < -0.4 is 5.73 Å². The summed E-state index contributed by atoms with van der Waals surface area (Å²) in [6.07, 6.45) is 0. The highest BCUT2D eigenvalue weighted by molar-refractivity contribution is 9.10. The van der Waals surface area contributed by atoms with Gasteiger partial charge in [0.25, 0.3) is 0 Å². The third kappa shape index (κ3) is 1.30. The highest BCUT2D eigenvalue weighted by Crippen LogP contribution is 2.26. The van der Waals surface area contributed by atoms with Crippen molar-refractivity contribution < 1.29 is 0 Å². The van der Waals surface area contributed by atoms with E-state index in [2.05, 4.69) is 28.6 Å². The molecule has 2 N–H and O–H groups in total. The zero-order valence-electron chi connectivity index (χ0n) is 5.56. The Kier molecular flexibility index (Phi) is 2.26. The third-order valence-electron chi connectivity index (χ3n) is 1.43. The molecule has 0 unspecified atom stereocenters. The first-order valence-electron chi connectivity index (χ1n) is 2.86. The maximum absolute atomic E-state index is 5.68. The summed E-state index contributed by atoms with van der Waals surface area (Å²) >= 11 is 7.54. The molecule has 10 heavy (non-hydrogen) atoms. The van der Waals surface area contributed by atoms with Crippen molar-refractivity contribution in [2.45, 2.75) is 11.8 Å². The van der Waals surface area contributed by atoms with E-state index in [-0.39, 0.29) is 0 Å². The largest absolute Gasteiger partial charge is 0.398 e. The predicted molar refractivity (Wildman–Crippen MR) is 50.5 cm³/mol. The van der Waals surface area contributed by atoms with Crippen LogP contribution >= 0.6 is 28.6 Å². The Morgan fingerprint density at radius 2 is 2.10 bits per heavy atom. The van der Waals surface area contributed by atoms with Crippen molar-refractivity contribution in [3.05, 3.63) is 22.2 Å². The first-order valence-corrected chi connectivity index (χ1v) is 4.10. The molecular formula is C7H8BrNS. The molecule has 0 bridgehead atoms. The van der Waals surface area contributed by atoms with Gasteiger partial charge in [-0.2, -0.15) is 0 Å². The van der Waals surface area contributed by atoms with Crippen LogP contribution in [0.5, 0.6) is 0 Å². The Morgan fingerprint density at radius 1 is 1.50 bits per heavy atom. The normalized spacial score (nSPS) is 9.90. The van der Waals surface area contributed by atoms with Gasteiger partial charge in [0.15, 0.2) is 0 Å². The molecule has 54 valence electrons. The van der Waals surface area contributed by atoms with Crippen LogP contribution in [0.4, 0.5) is 5.69 Å². The molecule has 0 aliphatic heterocycles. The average molecular weight is 218 g/mol. The van der Waals surface area contributed by atoms with Gasteiger partial charge in [0.05, 0.1) is 0 Å². The third-order valence-corrected chi connectivity index (χ3v) is 2.67. The molecule has 0 atom stereocenters. The molecule has 1 nitrogen and oxygen atoms in total. The molecule has 3 heteroatoms. The first-order chi connectivity index (χ1) is 4.63. The van der Waals surface area contributed by atoms with E-state index in [4.69, 9.17) is 5.73 Å². The zero-order valence-corrected chi connectivity index (χ0v) is 8.04. The van der Waals surface area contributed by atoms with Gasteiger partial charge in [0, 0.05) is 15.1 Å². The highest BCUT2D eigenvalue weighted by Gasteiger charge is 2.00. The predicted octanol–water partition coefficient (Wildman–Crippen LogP) is 2.63. The van der Waals surface area contributed by atoms with Gasteiger partial charge in [0.1, 0.15) is 0 Å². The van der Waals surface area contributed by atoms with Gasteiger partial charge in [0.2, 0.25) is 0 Å². The fourth-order valence-corrected chi connectivity index (χ4v) is 1.28. The number of anilines is 1. The van der Waals surface area contributed by atoms with E-state index in [1.807, 2.05) is 19.1 Å². The molecule has 0 saturated heterocycles. The molecular weight excluding hydrogens is 210 g/mol. The van der Waals surface area contributed by atoms with Crippen LogP contribution in [0.25, 0.3) is 0 Å². The Balaban J connectivity index is 3.34. The number of nitrogen functional groups attached to an aromatic ring is 1. The minimum atomic E-state index is 0.748. The van der Waals surface area contributed by atoms with Gasteiger partial charge in [-0.1, -0.05) is 15.9 Å². The summed E-state index contributed by atoms with van der Waals surface area (Å²) in [5.41, 5.74) is 7.47. The number of hydrogen-bond acceptors (Lipinski definition) is 2. The van der Waals surface area contributed by atoms with Gasteiger partial charge in [-0.25, -0.2) is 0 Å². The van der Waals surface area contributed by atoms with Gasteiger partial charge in [-0.15, -0.1) is 12.6 Å². The molecule has 1 aromatic carbocycles. The molecule has 0 heterocycles. The van der Waals surface area contributed by atoms with Crippen LogP contribution in [0.1, 0.15) is 5.56 Å². The molecule has 0 spiro atoms. The van der Waals surface area contributed by atoms with Gasteiger partial charge in [-0.3, -0.25) is 0 Å². The lowest BCUT2D eigenvalue weighted by Crippen LogP contribution is -1.91.